The van der Waals surface area contributed by atoms with Gasteiger partial charge in [0.15, 0.2) is 0 Å². The van der Waals surface area contributed by atoms with Crippen LogP contribution in [0.5, 0.6) is 0 Å². The van der Waals surface area contributed by atoms with Crippen molar-refractivity contribution in [1.29, 1.82) is 0 Å². The molecule has 0 fully saturated rings. The van der Waals surface area contributed by atoms with E-state index in [1.807, 2.05) is 30.3 Å². The fraction of sp³-hybridized carbons (Fsp3) is 0.417. The Morgan fingerprint density at radius 1 is 1.35 bits per heavy atom. The molecule has 5 nitrogen and oxygen atoms in total. The lowest BCUT2D eigenvalue weighted by Crippen LogP contribution is -2.32. The van der Waals surface area contributed by atoms with Crippen LogP contribution in [-0.4, -0.2) is 36.1 Å². The minimum Gasteiger partial charge on any atom is -0.448 e. The number of carbonyl (C=O) groups excluding carboxylic acids is 1. The van der Waals surface area contributed by atoms with Gasteiger partial charge in [0, 0.05) is 0 Å². The summed E-state index contributed by atoms with van der Waals surface area (Å²) in [6.45, 7) is 2.22. The summed E-state index contributed by atoms with van der Waals surface area (Å²) in [5.41, 5.74) is 0.929. The van der Waals surface area contributed by atoms with E-state index >= 15 is 0 Å². The van der Waals surface area contributed by atoms with E-state index in [9.17, 15) is 4.79 Å². The first-order valence-corrected chi connectivity index (χ1v) is 5.50. The third-order valence-corrected chi connectivity index (χ3v) is 1.98. The average molecular weight is 239 g/mol. The Balaban J connectivity index is 2.59. The molecule has 0 unspecified atom stereocenters. The fourth-order valence-electron chi connectivity index (χ4n) is 1.26. The number of hydroxylamine groups is 2. The van der Waals surface area contributed by atoms with Crippen LogP contribution in [0.25, 0.3) is 0 Å². The first-order valence-electron chi connectivity index (χ1n) is 5.50. The van der Waals surface area contributed by atoms with Gasteiger partial charge in [-0.25, -0.2) is 4.79 Å². The molecule has 1 amide bonds. The van der Waals surface area contributed by atoms with Crippen molar-refractivity contribution in [2.45, 2.75) is 13.5 Å². The molecule has 1 N–H and O–H groups in total. The molecule has 5 heteroatoms. The van der Waals surface area contributed by atoms with Crippen LogP contribution in [0.4, 0.5) is 4.79 Å². The molecule has 0 aliphatic rings. The minimum atomic E-state index is -0.551. The monoisotopic (exact) mass is 239 g/mol. The lowest BCUT2D eigenvalue weighted by molar-refractivity contribution is -0.149. The van der Waals surface area contributed by atoms with Crippen molar-refractivity contribution in [1.82, 2.24) is 5.06 Å². The van der Waals surface area contributed by atoms with Crippen molar-refractivity contribution in [3.05, 3.63) is 35.9 Å². The van der Waals surface area contributed by atoms with Gasteiger partial charge in [0.2, 0.25) is 0 Å². The Hall–Kier alpha value is -1.59. The Morgan fingerprint density at radius 3 is 2.65 bits per heavy atom. The zero-order valence-electron chi connectivity index (χ0n) is 9.83. The van der Waals surface area contributed by atoms with Crippen molar-refractivity contribution in [3.8, 4) is 0 Å². The number of ether oxygens (including phenoxy) is 1. The van der Waals surface area contributed by atoms with E-state index in [-0.39, 0.29) is 19.8 Å². The highest BCUT2D eigenvalue weighted by molar-refractivity contribution is 5.66. The Bertz CT molecular complexity index is 329. The predicted molar refractivity (Wildman–Crippen MR) is 62.0 cm³/mol. The molecule has 0 heterocycles. The quantitative estimate of drug-likeness (QED) is 0.765. The Labute approximate surface area is 101 Å². The number of hydrogen-bond donors (Lipinski definition) is 1. The zero-order valence-corrected chi connectivity index (χ0v) is 9.83. The summed E-state index contributed by atoms with van der Waals surface area (Å²) >= 11 is 0. The van der Waals surface area contributed by atoms with E-state index in [2.05, 4.69) is 0 Å². The summed E-state index contributed by atoms with van der Waals surface area (Å²) < 4.78 is 4.85. The Morgan fingerprint density at radius 2 is 2.06 bits per heavy atom. The molecule has 0 radical (unpaired) electrons. The highest BCUT2D eigenvalue weighted by Gasteiger charge is 2.15. The summed E-state index contributed by atoms with van der Waals surface area (Å²) in [7, 11) is 0. The van der Waals surface area contributed by atoms with E-state index < -0.39 is 6.09 Å². The number of rotatable bonds is 6. The van der Waals surface area contributed by atoms with Gasteiger partial charge in [-0.05, 0) is 12.5 Å². The molecule has 0 aliphatic heterocycles. The van der Waals surface area contributed by atoms with Crippen molar-refractivity contribution < 1.29 is 19.5 Å². The zero-order chi connectivity index (χ0) is 12.5. The van der Waals surface area contributed by atoms with Gasteiger partial charge < -0.3 is 9.84 Å². The van der Waals surface area contributed by atoms with Crippen LogP contribution in [0.2, 0.25) is 0 Å². The van der Waals surface area contributed by atoms with Gasteiger partial charge in [-0.15, -0.1) is 0 Å². The van der Waals surface area contributed by atoms with Gasteiger partial charge in [0.05, 0.1) is 26.4 Å². The number of aliphatic hydroxyl groups is 1. The van der Waals surface area contributed by atoms with Crippen molar-refractivity contribution in [2.75, 3.05) is 19.8 Å². The summed E-state index contributed by atoms with van der Waals surface area (Å²) in [5, 5.41) is 9.80. The molecule has 94 valence electrons. The van der Waals surface area contributed by atoms with E-state index in [1.54, 1.807) is 6.92 Å². The van der Waals surface area contributed by atoms with Gasteiger partial charge in [-0.3, -0.25) is 4.84 Å². The van der Waals surface area contributed by atoms with Gasteiger partial charge in [0.25, 0.3) is 0 Å². The minimum absolute atomic E-state index is 0.0612. The third-order valence-electron chi connectivity index (χ3n) is 1.98. The molecule has 0 saturated heterocycles. The SMILES string of the molecule is CCOC(=O)N(Cc1ccccc1)OCCO. The van der Waals surface area contributed by atoms with Crippen LogP contribution < -0.4 is 0 Å². The van der Waals surface area contributed by atoms with Crippen LogP contribution in [0.1, 0.15) is 12.5 Å². The number of nitrogens with zero attached hydrogens (tertiary/aromatic N) is 1. The molecule has 0 atom stereocenters. The molecule has 1 aromatic rings. The molecule has 0 aromatic heterocycles. The van der Waals surface area contributed by atoms with E-state index in [0.29, 0.717) is 6.54 Å². The number of amides is 1. The maximum atomic E-state index is 11.6. The van der Waals surface area contributed by atoms with Crippen LogP contribution >= 0.6 is 0 Å². The number of hydrogen-bond acceptors (Lipinski definition) is 4. The topological polar surface area (TPSA) is 59.0 Å². The summed E-state index contributed by atoms with van der Waals surface area (Å²) in [5.74, 6) is 0. The maximum Gasteiger partial charge on any atom is 0.434 e. The number of benzene rings is 1. The smallest absolute Gasteiger partial charge is 0.434 e. The lowest BCUT2D eigenvalue weighted by Gasteiger charge is -2.20. The summed E-state index contributed by atoms with van der Waals surface area (Å²) in [6.07, 6.45) is -0.551. The molecule has 1 aromatic carbocycles. The normalized spacial score (nSPS) is 10.0. The first-order chi connectivity index (χ1) is 8.27. The molecule has 1 rings (SSSR count). The highest BCUT2D eigenvalue weighted by atomic mass is 16.7. The molecule has 0 saturated carbocycles. The molecule has 0 aliphatic carbocycles. The Kier molecular flexibility index (Phi) is 6.06. The standard InChI is InChI=1S/C12H17NO4/c1-2-16-12(15)13(17-9-8-14)10-11-6-4-3-5-7-11/h3-7,14H,2,8-10H2,1H3. The van der Waals surface area contributed by atoms with Crippen LogP contribution in [-0.2, 0) is 16.1 Å². The van der Waals surface area contributed by atoms with Crippen molar-refractivity contribution >= 4 is 6.09 Å². The highest BCUT2D eigenvalue weighted by Crippen LogP contribution is 2.06. The van der Waals surface area contributed by atoms with Crippen molar-refractivity contribution in [2.24, 2.45) is 0 Å². The first kappa shape index (κ1) is 13.5. The molecular weight excluding hydrogens is 222 g/mol. The summed E-state index contributed by atoms with van der Waals surface area (Å²) in [4.78, 5) is 16.7. The third kappa shape index (κ3) is 4.84. The second-order valence-electron chi connectivity index (χ2n) is 3.28. The van der Waals surface area contributed by atoms with Crippen LogP contribution in [0.3, 0.4) is 0 Å². The van der Waals surface area contributed by atoms with Crippen LogP contribution in [0.15, 0.2) is 30.3 Å². The van der Waals surface area contributed by atoms with Crippen LogP contribution in [0, 0.1) is 0 Å². The molecule has 0 bridgehead atoms. The summed E-state index contributed by atoms with van der Waals surface area (Å²) in [6, 6.07) is 9.42. The largest absolute Gasteiger partial charge is 0.448 e. The van der Waals surface area contributed by atoms with Gasteiger partial charge in [-0.2, -0.15) is 5.06 Å². The van der Waals surface area contributed by atoms with Crippen molar-refractivity contribution in [3.63, 3.8) is 0 Å². The number of aliphatic hydroxyl groups excluding tert-OH is 1. The predicted octanol–water partition coefficient (Wildman–Crippen LogP) is 1.57. The molecule has 17 heavy (non-hydrogen) atoms. The van der Waals surface area contributed by atoms with Gasteiger partial charge in [0.1, 0.15) is 0 Å². The van der Waals surface area contributed by atoms with E-state index in [4.69, 9.17) is 14.7 Å². The lowest BCUT2D eigenvalue weighted by atomic mass is 10.2. The molecular formula is C12H17NO4. The number of carbonyl (C=O) groups is 1. The fourth-order valence-corrected chi connectivity index (χ4v) is 1.26. The van der Waals surface area contributed by atoms with E-state index in [0.717, 1.165) is 10.6 Å². The van der Waals surface area contributed by atoms with Gasteiger partial charge >= 0.3 is 6.09 Å². The van der Waals surface area contributed by atoms with Gasteiger partial charge in [-0.1, -0.05) is 30.3 Å². The second-order valence-corrected chi connectivity index (χ2v) is 3.28. The average Bonchev–Trinajstić information content (AvgIpc) is 2.36. The van der Waals surface area contributed by atoms with E-state index in [1.165, 1.54) is 0 Å². The molecule has 0 spiro atoms. The maximum absolute atomic E-state index is 11.6. The second kappa shape index (κ2) is 7.65.